The quantitative estimate of drug-likeness (QED) is 0.0747. The Bertz CT molecular complexity index is 1970. The molecular formula is C30H17Cl2N5O4S2. The molecule has 2 amide bonds. The first-order chi connectivity index (χ1) is 20.7. The number of nitro groups is 1. The van der Waals surface area contributed by atoms with Crippen LogP contribution in [0.25, 0.3) is 16.3 Å². The second-order valence-corrected chi connectivity index (χ2v) is 12.0. The van der Waals surface area contributed by atoms with E-state index in [0.29, 0.717) is 47.3 Å². The number of anilines is 2. The fourth-order valence-electron chi connectivity index (χ4n) is 3.86. The summed E-state index contributed by atoms with van der Waals surface area (Å²) in [5.41, 5.74) is 1.97. The number of nitriles is 1. The van der Waals surface area contributed by atoms with Crippen LogP contribution in [0.1, 0.15) is 15.9 Å². The Hall–Kier alpha value is -4.73. The van der Waals surface area contributed by atoms with Crippen LogP contribution in [0.4, 0.5) is 17.1 Å². The molecule has 0 atom stereocenters. The molecule has 9 nitrogen and oxygen atoms in total. The highest BCUT2D eigenvalue weighted by atomic mass is 35.5. The van der Waals surface area contributed by atoms with Crippen molar-refractivity contribution in [2.24, 2.45) is 0 Å². The van der Waals surface area contributed by atoms with Gasteiger partial charge in [0.2, 0.25) is 0 Å². The Kier molecular flexibility index (Phi) is 9.04. The van der Waals surface area contributed by atoms with Gasteiger partial charge >= 0.3 is 0 Å². The molecule has 0 aliphatic carbocycles. The van der Waals surface area contributed by atoms with E-state index < -0.39 is 10.8 Å². The van der Waals surface area contributed by atoms with Crippen molar-refractivity contribution in [3.63, 3.8) is 0 Å². The Morgan fingerprint density at radius 1 is 0.953 bits per heavy atom. The molecule has 0 aliphatic heterocycles. The van der Waals surface area contributed by atoms with E-state index in [4.69, 9.17) is 23.2 Å². The van der Waals surface area contributed by atoms with Gasteiger partial charge in [-0.1, -0.05) is 47.1 Å². The Labute approximate surface area is 262 Å². The van der Waals surface area contributed by atoms with Crippen LogP contribution in [0.2, 0.25) is 10.0 Å². The number of nitrogens with one attached hydrogen (secondary N) is 2. The van der Waals surface area contributed by atoms with Crippen molar-refractivity contribution in [1.82, 2.24) is 4.98 Å². The minimum atomic E-state index is -0.677. The molecule has 0 bridgehead atoms. The molecule has 0 saturated heterocycles. The van der Waals surface area contributed by atoms with Crippen LogP contribution in [0, 0.1) is 21.4 Å². The van der Waals surface area contributed by atoms with Crippen LogP contribution >= 0.6 is 46.3 Å². The summed E-state index contributed by atoms with van der Waals surface area (Å²) in [6.07, 6.45) is 1.28. The van der Waals surface area contributed by atoms with Crippen LogP contribution in [-0.4, -0.2) is 21.7 Å². The number of nitrogens with zero attached hydrogens (tertiary/aromatic N) is 3. The number of hydrogen-bond acceptors (Lipinski definition) is 8. The highest BCUT2D eigenvalue weighted by Gasteiger charge is 2.19. The number of thiazole rings is 1. The number of carbonyl (C=O) groups excluding carboxylic acids is 2. The summed E-state index contributed by atoms with van der Waals surface area (Å²) in [5.74, 6) is -0.967. The van der Waals surface area contributed by atoms with Crippen LogP contribution in [0.5, 0.6) is 0 Å². The number of hydrogen-bond donors (Lipinski definition) is 2. The molecule has 0 aliphatic rings. The summed E-state index contributed by atoms with van der Waals surface area (Å²) < 4.78 is 1.34. The maximum Gasteiger partial charge on any atom is 0.283 e. The average Bonchev–Trinajstić information content (AvgIpc) is 3.38. The van der Waals surface area contributed by atoms with Gasteiger partial charge in [0.05, 0.1) is 20.0 Å². The zero-order chi connectivity index (χ0) is 30.5. The molecule has 1 heterocycles. The van der Waals surface area contributed by atoms with E-state index in [1.807, 2.05) is 6.07 Å². The molecule has 212 valence electrons. The molecule has 13 heteroatoms. The summed E-state index contributed by atoms with van der Waals surface area (Å²) in [5, 5.41) is 27.8. The molecule has 5 aromatic rings. The highest BCUT2D eigenvalue weighted by molar-refractivity contribution is 8.01. The second-order valence-electron chi connectivity index (χ2n) is 8.84. The molecule has 0 radical (unpaired) electrons. The lowest BCUT2D eigenvalue weighted by molar-refractivity contribution is -0.387. The first-order valence-corrected chi connectivity index (χ1v) is 14.7. The monoisotopic (exact) mass is 645 g/mol. The van der Waals surface area contributed by atoms with Gasteiger partial charge in [-0.3, -0.25) is 19.7 Å². The number of nitro benzene ring substituents is 1. The third kappa shape index (κ3) is 7.38. The highest BCUT2D eigenvalue weighted by Crippen LogP contribution is 2.40. The number of amides is 2. The van der Waals surface area contributed by atoms with Gasteiger partial charge in [-0.2, -0.15) is 5.26 Å². The molecule has 0 unspecified atom stereocenters. The minimum Gasteiger partial charge on any atom is -0.322 e. The standard InChI is InChI=1S/C30H17Cl2N5O4S2/c31-20-7-5-18(6-8-20)28(38)35-23-9-10-24-27(15-23)43-30(36-24)42-26-11-4-17(13-25(26)37(40)41)12-19(16-33)29(39)34-22-3-1-2-21(32)14-22/h1-15H,(H,34,39)(H,35,38)/b19-12+. The average molecular weight is 647 g/mol. The summed E-state index contributed by atoms with van der Waals surface area (Å²) in [6, 6.07) is 24.5. The summed E-state index contributed by atoms with van der Waals surface area (Å²) in [7, 11) is 0. The number of halogens is 2. The van der Waals surface area contributed by atoms with Crippen molar-refractivity contribution < 1.29 is 14.5 Å². The van der Waals surface area contributed by atoms with Crippen molar-refractivity contribution in [3.8, 4) is 6.07 Å². The van der Waals surface area contributed by atoms with E-state index in [2.05, 4.69) is 15.6 Å². The largest absolute Gasteiger partial charge is 0.322 e. The van der Waals surface area contributed by atoms with Gasteiger partial charge in [-0.05, 0) is 78.4 Å². The fraction of sp³-hybridized carbons (Fsp3) is 0. The van der Waals surface area contributed by atoms with Crippen LogP contribution in [0.15, 0.2) is 99.7 Å². The van der Waals surface area contributed by atoms with Gasteiger partial charge in [0.15, 0.2) is 4.34 Å². The summed E-state index contributed by atoms with van der Waals surface area (Å²) in [4.78, 5) is 41.5. The Morgan fingerprint density at radius 3 is 2.44 bits per heavy atom. The summed E-state index contributed by atoms with van der Waals surface area (Å²) >= 11 is 14.3. The zero-order valence-electron chi connectivity index (χ0n) is 21.7. The molecule has 0 saturated carbocycles. The lowest BCUT2D eigenvalue weighted by atomic mass is 10.1. The molecule has 43 heavy (non-hydrogen) atoms. The molecule has 4 aromatic carbocycles. The first kappa shape index (κ1) is 29.8. The minimum absolute atomic E-state index is 0.207. The lowest BCUT2D eigenvalue weighted by Gasteiger charge is -2.05. The topological polar surface area (TPSA) is 138 Å². The van der Waals surface area contributed by atoms with Crippen molar-refractivity contribution in [2.75, 3.05) is 10.6 Å². The number of rotatable bonds is 8. The number of benzene rings is 4. The second kappa shape index (κ2) is 13.1. The van der Waals surface area contributed by atoms with Crippen molar-refractivity contribution in [1.29, 1.82) is 5.26 Å². The smallest absolute Gasteiger partial charge is 0.283 e. The molecule has 0 fully saturated rings. The third-order valence-electron chi connectivity index (χ3n) is 5.87. The van der Waals surface area contributed by atoms with Gasteiger partial charge in [-0.25, -0.2) is 4.98 Å². The van der Waals surface area contributed by atoms with Gasteiger partial charge in [-0.15, -0.1) is 11.3 Å². The Balaban J connectivity index is 1.34. The van der Waals surface area contributed by atoms with Gasteiger partial charge in [0.1, 0.15) is 11.6 Å². The lowest BCUT2D eigenvalue weighted by Crippen LogP contribution is -2.13. The zero-order valence-corrected chi connectivity index (χ0v) is 24.9. The number of fused-ring (bicyclic) bond motifs is 1. The predicted molar refractivity (Wildman–Crippen MR) is 170 cm³/mol. The molecule has 2 N–H and O–H groups in total. The van der Waals surface area contributed by atoms with Crippen LogP contribution in [0.3, 0.4) is 0 Å². The van der Waals surface area contributed by atoms with Crippen molar-refractivity contribution in [2.45, 2.75) is 9.24 Å². The number of aromatic nitrogens is 1. The molecule has 1 aromatic heterocycles. The SMILES string of the molecule is N#C/C(=C\c1ccc(Sc2nc3ccc(NC(=O)c4ccc(Cl)cc4)cc3s2)c([N+](=O)[O-])c1)C(=O)Nc1cccc(Cl)c1. The van der Waals surface area contributed by atoms with Crippen LogP contribution in [-0.2, 0) is 4.79 Å². The van der Waals surface area contributed by atoms with E-state index in [1.54, 1.807) is 72.8 Å². The third-order valence-corrected chi connectivity index (χ3v) is 8.50. The van der Waals surface area contributed by atoms with Gasteiger partial charge in [0.25, 0.3) is 17.5 Å². The normalized spacial score (nSPS) is 11.1. The van der Waals surface area contributed by atoms with E-state index in [1.165, 1.54) is 29.5 Å². The van der Waals surface area contributed by atoms with Gasteiger partial charge in [0, 0.05) is 33.0 Å². The van der Waals surface area contributed by atoms with E-state index in [9.17, 15) is 25.0 Å². The summed E-state index contributed by atoms with van der Waals surface area (Å²) in [6.45, 7) is 0. The Morgan fingerprint density at radius 2 is 1.72 bits per heavy atom. The molecule has 0 spiro atoms. The number of carbonyl (C=O) groups is 2. The van der Waals surface area contributed by atoms with Crippen LogP contribution < -0.4 is 10.6 Å². The molecule has 5 rings (SSSR count). The van der Waals surface area contributed by atoms with E-state index in [0.717, 1.165) is 16.5 Å². The van der Waals surface area contributed by atoms with E-state index >= 15 is 0 Å². The van der Waals surface area contributed by atoms with Crippen molar-refractivity contribution in [3.05, 3.63) is 122 Å². The predicted octanol–water partition coefficient (Wildman–Crippen LogP) is 8.46. The van der Waals surface area contributed by atoms with Gasteiger partial charge < -0.3 is 10.6 Å². The van der Waals surface area contributed by atoms with E-state index in [-0.39, 0.29) is 17.2 Å². The fourth-order valence-corrected chi connectivity index (χ4v) is 6.32. The van der Waals surface area contributed by atoms with Crippen molar-refractivity contribution >= 4 is 91.5 Å². The maximum absolute atomic E-state index is 12.6. The first-order valence-electron chi connectivity index (χ1n) is 12.3. The maximum atomic E-state index is 12.6. The molecular weight excluding hydrogens is 629 g/mol.